The normalized spacial score (nSPS) is 12.3. The van der Waals surface area contributed by atoms with Crippen molar-refractivity contribution in [3.05, 3.63) is 23.0 Å². The van der Waals surface area contributed by atoms with E-state index in [4.69, 9.17) is 13.9 Å². The van der Waals surface area contributed by atoms with Crippen molar-refractivity contribution in [3.63, 3.8) is 0 Å². The lowest BCUT2D eigenvalue weighted by Crippen LogP contribution is -2.26. The lowest BCUT2D eigenvalue weighted by atomic mass is 10.2. The molecule has 0 N–H and O–H groups in total. The molecule has 2 aromatic heterocycles. The molecular formula is C16H21BrN2O3. The third-order valence-electron chi connectivity index (χ3n) is 2.36. The third-order valence-corrected chi connectivity index (χ3v) is 2.78. The van der Waals surface area contributed by atoms with E-state index in [-0.39, 0.29) is 11.6 Å². The van der Waals surface area contributed by atoms with Crippen LogP contribution in [0.5, 0.6) is 11.9 Å². The van der Waals surface area contributed by atoms with Gasteiger partial charge in [0, 0.05) is 6.20 Å². The summed E-state index contributed by atoms with van der Waals surface area (Å²) in [6, 6.07) is 2.12. The molecule has 0 aliphatic rings. The van der Waals surface area contributed by atoms with Crippen molar-refractivity contribution in [3.8, 4) is 23.2 Å². The number of rotatable bonds is 3. The topological polar surface area (TPSA) is 57.4 Å². The summed E-state index contributed by atoms with van der Waals surface area (Å²) in [4.78, 5) is 8.65. The lowest BCUT2D eigenvalue weighted by molar-refractivity contribution is 0.103. The molecule has 0 aliphatic heterocycles. The number of hydrogen-bond acceptors (Lipinski definition) is 5. The second kappa shape index (κ2) is 5.91. The van der Waals surface area contributed by atoms with Gasteiger partial charge >= 0.3 is 6.01 Å². The molecule has 5 nitrogen and oxygen atoms in total. The lowest BCUT2D eigenvalue weighted by Gasteiger charge is -2.23. The molecule has 0 fully saturated rings. The molecule has 22 heavy (non-hydrogen) atoms. The zero-order chi connectivity index (χ0) is 16.5. The molecule has 0 spiro atoms. The van der Waals surface area contributed by atoms with Crippen molar-refractivity contribution >= 4 is 15.9 Å². The number of aromatic nitrogens is 2. The van der Waals surface area contributed by atoms with Gasteiger partial charge in [0.2, 0.25) is 5.88 Å². The van der Waals surface area contributed by atoms with E-state index in [9.17, 15) is 0 Å². The zero-order valence-electron chi connectivity index (χ0n) is 13.7. The van der Waals surface area contributed by atoms with E-state index in [1.807, 2.05) is 47.6 Å². The summed E-state index contributed by atoms with van der Waals surface area (Å²) in [7, 11) is 0. The first-order chi connectivity index (χ1) is 10.0. The van der Waals surface area contributed by atoms with Crippen LogP contribution in [-0.2, 0) is 0 Å². The molecule has 0 aliphatic carbocycles. The van der Waals surface area contributed by atoms with Crippen LogP contribution >= 0.6 is 15.9 Å². The van der Waals surface area contributed by atoms with Gasteiger partial charge in [0.15, 0.2) is 0 Å². The van der Waals surface area contributed by atoms with E-state index in [1.165, 1.54) is 0 Å². The number of hydrogen-bond donors (Lipinski definition) is 0. The highest BCUT2D eigenvalue weighted by molar-refractivity contribution is 9.10. The Hall–Kier alpha value is -1.56. The van der Waals surface area contributed by atoms with Crippen molar-refractivity contribution in [2.24, 2.45) is 0 Å². The van der Waals surface area contributed by atoms with Crippen LogP contribution < -0.4 is 9.47 Å². The largest absolute Gasteiger partial charge is 0.471 e. The first-order valence-corrected chi connectivity index (χ1v) is 7.82. The molecular weight excluding hydrogens is 348 g/mol. The molecule has 6 heteroatoms. The summed E-state index contributed by atoms with van der Waals surface area (Å²) in [5.74, 6) is 1.07. The fourth-order valence-electron chi connectivity index (χ4n) is 1.67. The molecule has 2 heterocycles. The van der Waals surface area contributed by atoms with E-state index in [0.29, 0.717) is 17.2 Å². The first kappa shape index (κ1) is 16.8. The summed E-state index contributed by atoms with van der Waals surface area (Å²) in [5, 5.41) is 0. The Morgan fingerprint density at radius 3 is 2.18 bits per heavy atom. The summed E-state index contributed by atoms with van der Waals surface area (Å²) < 4.78 is 18.0. The Morgan fingerprint density at radius 1 is 1.05 bits per heavy atom. The molecule has 0 unspecified atom stereocenters. The second-order valence-corrected chi connectivity index (χ2v) is 7.85. The van der Waals surface area contributed by atoms with Crippen LogP contribution in [0.4, 0.5) is 0 Å². The van der Waals surface area contributed by atoms with E-state index in [1.54, 1.807) is 12.5 Å². The zero-order valence-corrected chi connectivity index (χ0v) is 15.3. The molecule has 0 aromatic carbocycles. The van der Waals surface area contributed by atoms with Crippen molar-refractivity contribution in [2.75, 3.05) is 0 Å². The smallest absolute Gasteiger partial charge is 0.320 e. The first-order valence-electron chi connectivity index (χ1n) is 7.03. The molecule has 0 saturated heterocycles. The molecule has 120 valence electrons. The van der Waals surface area contributed by atoms with Gasteiger partial charge in [0.25, 0.3) is 0 Å². The van der Waals surface area contributed by atoms with E-state index in [2.05, 4.69) is 25.9 Å². The Bertz CT molecular complexity index is 654. The second-order valence-electron chi connectivity index (χ2n) is 6.93. The highest BCUT2D eigenvalue weighted by atomic mass is 79.9. The minimum absolute atomic E-state index is 0.279. The van der Waals surface area contributed by atoms with Crippen LogP contribution in [0.2, 0.25) is 0 Å². The SMILES string of the molecule is CC(C)(C)Oc1ncc(-c2cc(Br)co2)c(OC(C)(C)C)n1. The molecule has 0 radical (unpaired) electrons. The van der Waals surface area contributed by atoms with Gasteiger partial charge in [-0.05, 0) is 63.5 Å². The maximum Gasteiger partial charge on any atom is 0.320 e. The average Bonchev–Trinajstić information content (AvgIpc) is 2.71. The quantitative estimate of drug-likeness (QED) is 0.774. The summed E-state index contributed by atoms with van der Waals surface area (Å²) >= 11 is 3.37. The average molecular weight is 369 g/mol. The summed E-state index contributed by atoms with van der Waals surface area (Å²) in [6.45, 7) is 11.7. The minimum Gasteiger partial charge on any atom is -0.471 e. The van der Waals surface area contributed by atoms with Crippen LogP contribution in [0, 0.1) is 0 Å². The Labute approximate surface area is 139 Å². The number of ether oxygens (including phenoxy) is 2. The molecule has 0 saturated carbocycles. The van der Waals surface area contributed by atoms with Crippen LogP contribution in [0.15, 0.2) is 27.4 Å². The van der Waals surface area contributed by atoms with Crippen molar-refractivity contribution in [2.45, 2.75) is 52.7 Å². The van der Waals surface area contributed by atoms with Gasteiger partial charge in [-0.1, -0.05) is 0 Å². The van der Waals surface area contributed by atoms with Crippen molar-refractivity contribution in [1.82, 2.24) is 9.97 Å². The Kier molecular flexibility index (Phi) is 4.52. The third kappa shape index (κ3) is 4.73. The van der Waals surface area contributed by atoms with Gasteiger partial charge in [-0.2, -0.15) is 4.98 Å². The molecule has 0 atom stereocenters. The van der Waals surface area contributed by atoms with E-state index in [0.717, 1.165) is 4.47 Å². The minimum atomic E-state index is -0.397. The van der Waals surface area contributed by atoms with Gasteiger partial charge in [-0.15, -0.1) is 0 Å². The molecule has 2 rings (SSSR count). The maximum absolute atomic E-state index is 5.95. The predicted molar refractivity (Wildman–Crippen MR) is 88.2 cm³/mol. The highest BCUT2D eigenvalue weighted by Crippen LogP contribution is 2.34. The predicted octanol–water partition coefficient (Wildman–Crippen LogP) is 4.85. The van der Waals surface area contributed by atoms with E-state index >= 15 is 0 Å². The number of furan rings is 1. The van der Waals surface area contributed by atoms with Gasteiger partial charge in [0.1, 0.15) is 23.2 Å². The maximum atomic E-state index is 5.95. The van der Waals surface area contributed by atoms with Crippen LogP contribution in [0.3, 0.4) is 0 Å². The fraction of sp³-hybridized carbons (Fsp3) is 0.500. The van der Waals surface area contributed by atoms with Crippen molar-refractivity contribution < 1.29 is 13.9 Å². The van der Waals surface area contributed by atoms with E-state index < -0.39 is 5.60 Å². The summed E-state index contributed by atoms with van der Waals surface area (Å²) in [6.07, 6.45) is 3.26. The Balaban J connectivity index is 2.44. The Morgan fingerprint density at radius 2 is 1.68 bits per heavy atom. The molecule has 0 bridgehead atoms. The van der Waals surface area contributed by atoms with Gasteiger partial charge in [0.05, 0.1) is 10.0 Å². The van der Waals surface area contributed by atoms with Crippen LogP contribution in [0.25, 0.3) is 11.3 Å². The highest BCUT2D eigenvalue weighted by Gasteiger charge is 2.22. The number of nitrogens with zero attached hydrogens (tertiary/aromatic N) is 2. The van der Waals surface area contributed by atoms with Gasteiger partial charge in [-0.25, -0.2) is 4.98 Å². The standard InChI is InChI=1S/C16H21BrN2O3/c1-15(2,3)21-13-11(12-7-10(17)9-20-12)8-18-14(19-13)22-16(4,5)6/h7-9H,1-6H3. The van der Waals surface area contributed by atoms with Crippen LogP contribution in [0.1, 0.15) is 41.5 Å². The summed E-state index contributed by atoms with van der Waals surface area (Å²) in [5.41, 5.74) is -0.0953. The number of halogens is 1. The van der Waals surface area contributed by atoms with Gasteiger partial charge in [-0.3, -0.25) is 0 Å². The fourth-order valence-corrected chi connectivity index (χ4v) is 1.97. The molecule has 0 amide bonds. The van der Waals surface area contributed by atoms with Crippen molar-refractivity contribution in [1.29, 1.82) is 0 Å². The van der Waals surface area contributed by atoms with Crippen LogP contribution in [-0.4, -0.2) is 21.2 Å². The monoisotopic (exact) mass is 368 g/mol. The molecule has 2 aromatic rings. The van der Waals surface area contributed by atoms with Gasteiger partial charge < -0.3 is 13.9 Å².